The summed E-state index contributed by atoms with van der Waals surface area (Å²) in [5.74, 6) is 4.90. The topological polar surface area (TPSA) is 56.0 Å². The zero-order valence-electron chi connectivity index (χ0n) is 6.66. The first-order chi connectivity index (χ1) is 5.74. The molecular formula is C9H8N2O. The van der Waals surface area contributed by atoms with E-state index in [1.165, 1.54) is 6.20 Å². The number of carbonyl (C=O) groups excluding carboxylic acids is 1. The van der Waals surface area contributed by atoms with Crippen LogP contribution in [0.15, 0.2) is 12.3 Å². The monoisotopic (exact) mass is 160 g/mol. The minimum absolute atomic E-state index is 0.539. The van der Waals surface area contributed by atoms with Crippen molar-refractivity contribution in [1.29, 1.82) is 0 Å². The van der Waals surface area contributed by atoms with Gasteiger partial charge in [0.15, 0.2) is 6.29 Å². The Balaban J connectivity index is 3.09. The molecule has 0 fully saturated rings. The molecule has 0 atom stereocenters. The van der Waals surface area contributed by atoms with Crippen LogP contribution < -0.4 is 5.73 Å². The van der Waals surface area contributed by atoms with Crippen LogP contribution in [0.5, 0.6) is 0 Å². The third kappa shape index (κ3) is 1.83. The maximum atomic E-state index is 9.93. The summed E-state index contributed by atoms with van der Waals surface area (Å²) in [6.45, 7) is 1.85. The van der Waals surface area contributed by atoms with E-state index in [2.05, 4.69) is 16.8 Å². The lowest BCUT2D eigenvalue weighted by molar-refractivity contribution is -0.103. The molecule has 0 aliphatic heterocycles. The molecule has 0 saturated carbocycles. The third-order valence-corrected chi connectivity index (χ3v) is 1.35. The summed E-state index contributed by atoms with van der Waals surface area (Å²) in [5, 5.41) is 0. The molecule has 0 radical (unpaired) electrons. The van der Waals surface area contributed by atoms with Gasteiger partial charge in [-0.25, -0.2) is 4.98 Å². The molecule has 60 valence electrons. The van der Waals surface area contributed by atoms with Gasteiger partial charge in [0, 0.05) is 0 Å². The molecule has 1 rings (SSSR count). The number of pyridine rings is 1. The average Bonchev–Trinajstić information content (AvgIpc) is 2.03. The van der Waals surface area contributed by atoms with Crippen molar-refractivity contribution in [3.63, 3.8) is 0 Å². The number of hydrogen-bond donors (Lipinski definition) is 1. The van der Waals surface area contributed by atoms with Gasteiger partial charge >= 0.3 is 0 Å². The summed E-state index contributed by atoms with van der Waals surface area (Å²) < 4.78 is 0. The number of aryl methyl sites for hydroxylation is 1. The lowest BCUT2D eigenvalue weighted by Gasteiger charge is -1.96. The molecule has 0 aromatic carbocycles. The number of aldehydes is 1. The molecule has 1 aromatic rings. The molecule has 1 aromatic heterocycles. The molecule has 0 amide bonds. The summed E-state index contributed by atoms with van der Waals surface area (Å²) in [6, 6.07) is 1.77. The predicted octanol–water partition coefficient (Wildman–Crippen LogP) is 0.523. The third-order valence-electron chi connectivity index (χ3n) is 1.35. The maximum Gasteiger partial charge on any atom is 0.193 e. The first-order valence-electron chi connectivity index (χ1n) is 3.41. The molecule has 1 heterocycles. The number of carbonyl (C=O) groups is 1. The van der Waals surface area contributed by atoms with Crippen LogP contribution >= 0.6 is 0 Å². The first kappa shape index (κ1) is 8.28. The Bertz CT molecular complexity index is 361. The Hall–Kier alpha value is -1.82. The van der Waals surface area contributed by atoms with E-state index in [-0.39, 0.29) is 0 Å². The molecule has 0 unspecified atom stereocenters. The van der Waals surface area contributed by atoms with Crippen molar-refractivity contribution in [1.82, 2.24) is 4.98 Å². The van der Waals surface area contributed by atoms with Crippen LogP contribution in [0.1, 0.15) is 11.3 Å². The first-order valence-corrected chi connectivity index (χ1v) is 3.41. The van der Waals surface area contributed by atoms with Crippen LogP contribution in [-0.2, 0) is 4.79 Å². The zero-order chi connectivity index (χ0) is 8.97. The van der Waals surface area contributed by atoms with Gasteiger partial charge in [0.25, 0.3) is 0 Å². The minimum atomic E-state index is 0.539. The summed E-state index contributed by atoms with van der Waals surface area (Å²) >= 11 is 0. The Kier molecular flexibility index (Phi) is 2.44. The lowest BCUT2D eigenvalue weighted by Crippen LogP contribution is -1.92. The Morgan fingerprint density at radius 2 is 2.42 bits per heavy atom. The highest BCUT2D eigenvalue weighted by molar-refractivity contribution is 5.73. The fraction of sp³-hybridized carbons (Fsp3) is 0.111. The molecule has 12 heavy (non-hydrogen) atoms. The van der Waals surface area contributed by atoms with Crippen LogP contribution in [0.2, 0.25) is 0 Å². The van der Waals surface area contributed by atoms with E-state index in [0.29, 0.717) is 17.7 Å². The number of nitrogens with two attached hydrogens (primary N) is 1. The van der Waals surface area contributed by atoms with Crippen molar-refractivity contribution in [2.45, 2.75) is 6.92 Å². The van der Waals surface area contributed by atoms with E-state index in [1.54, 1.807) is 6.07 Å². The van der Waals surface area contributed by atoms with E-state index in [9.17, 15) is 4.79 Å². The van der Waals surface area contributed by atoms with Crippen molar-refractivity contribution in [3.8, 4) is 11.8 Å². The van der Waals surface area contributed by atoms with E-state index >= 15 is 0 Å². The maximum absolute atomic E-state index is 9.93. The van der Waals surface area contributed by atoms with Gasteiger partial charge in [-0.2, -0.15) is 0 Å². The van der Waals surface area contributed by atoms with Gasteiger partial charge in [-0.15, -0.1) is 0 Å². The number of nitrogen functional groups attached to an aromatic ring is 1. The van der Waals surface area contributed by atoms with Gasteiger partial charge < -0.3 is 5.73 Å². The Morgan fingerprint density at radius 3 is 3.00 bits per heavy atom. The molecule has 3 nitrogen and oxygen atoms in total. The van der Waals surface area contributed by atoms with Crippen molar-refractivity contribution in [2.75, 3.05) is 5.73 Å². The second kappa shape index (κ2) is 3.54. The van der Waals surface area contributed by atoms with Gasteiger partial charge in [0.05, 0.1) is 11.9 Å². The summed E-state index contributed by atoms with van der Waals surface area (Å²) in [7, 11) is 0. The van der Waals surface area contributed by atoms with Crippen molar-refractivity contribution < 1.29 is 4.79 Å². The molecule has 0 spiro atoms. The molecule has 0 aliphatic carbocycles. The van der Waals surface area contributed by atoms with Crippen LogP contribution in [0.25, 0.3) is 0 Å². The molecule has 0 bridgehead atoms. The van der Waals surface area contributed by atoms with Crippen LogP contribution in [0.4, 0.5) is 5.69 Å². The number of aromatic nitrogens is 1. The van der Waals surface area contributed by atoms with Gasteiger partial charge in [-0.3, -0.25) is 4.79 Å². The van der Waals surface area contributed by atoms with Crippen molar-refractivity contribution >= 4 is 12.0 Å². The largest absolute Gasteiger partial charge is 0.397 e. The lowest BCUT2D eigenvalue weighted by atomic mass is 10.2. The average molecular weight is 160 g/mol. The van der Waals surface area contributed by atoms with E-state index < -0.39 is 0 Å². The Morgan fingerprint density at radius 1 is 1.67 bits per heavy atom. The smallest absolute Gasteiger partial charge is 0.193 e. The summed E-state index contributed by atoms with van der Waals surface area (Å²) in [6.07, 6.45) is 2.05. The highest BCUT2D eigenvalue weighted by atomic mass is 16.1. The number of hydrogen-bond acceptors (Lipinski definition) is 3. The molecule has 2 N–H and O–H groups in total. The second-order valence-corrected chi connectivity index (χ2v) is 2.32. The van der Waals surface area contributed by atoms with Crippen molar-refractivity contribution in [2.24, 2.45) is 0 Å². The number of nitrogens with zero attached hydrogens (tertiary/aromatic N) is 1. The van der Waals surface area contributed by atoms with E-state index in [1.807, 2.05) is 6.92 Å². The predicted molar refractivity (Wildman–Crippen MR) is 46.3 cm³/mol. The van der Waals surface area contributed by atoms with Gasteiger partial charge in [-0.1, -0.05) is 0 Å². The highest BCUT2D eigenvalue weighted by Gasteiger charge is 1.94. The quantitative estimate of drug-likeness (QED) is 0.444. The fourth-order valence-electron chi connectivity index (χ4n) is 0.825. The van der Waals surface area contributed by atoms with E-state index in [0.717, 1.165) is 5.56 Å². The number of rotatable bonds is 0. The van der Waals surface area contributed by atoms with Gasteiger partial charge in [0.2, 0.25) is 0 Å². The summed E-state index contributed by atoms with van der Waals surface area (Å²) in [4.78, 5) is 13.9. The van der Waals surface area contributed by atoms with Gasteiger partial charge in [-0.05, 0) is 30.4 Å². The normalized spacial score (nSPS) is 8.42. The zero-order valence-corrected chi connectivity index (χ0v) is 6.66. The second-order valence-electron chi connectivity index (χ2n) is 2.32. The highest BCUT2D eigenvalue weighted by Crippen LogP contribution is 2.06. The van der Waals surface area contributed by atoms with E-state index in [4.69, 9.17) is 5.73 Å². The Labute approximate surface area is 70.6 Å². The van der Waals surface area contributed by atoms with Crippen molar-refractivity contribution in [3.05, 3.63) is 23.5 Å². The molecular weight excluding hydrogens is 152 g/mol. The SMILES string of the molecule is Cc1cc(N)cnc1C#CC=O. The molecule has 0 saturated heterocycles. The van der Waals surface area contributed by atoms with Crippen LogP contribution in [-0.4, -0.2) is 11.3 Å². The standard InChI is InChI=1S/C9H8N2O/c1-7-5-8(10)6-11-9(7)3-2-4-12/h4-6H,10H2,1H3. The van der Waals surface area contributed by atoms with Gasteiger partial charge in [0.1, 0.15) is 5.69 Å². The fourth-order valence-corrected chi connectivity index (χ4v) is 0.825. The van der Waals surface area contributed by atoms with Crippen LogP contribution in [0, 0.1) is 18.8 Å². The number of anilines is 1. The van der Waals surface area contributed by atoms with Crippen LogP contribution in [0.3, 0.4) is 0 Å². The molecule has 0 aliphatic rings. The minimum Gasteiger partial charge on any atom is -0.397 e. The summed E-state index contributed by atoms with van der Waals surface area (Å²) in [5.41, 5.74) is 7.55. The molecule has 3 heteroatoms.